The van der Waals surface area contributed by atoms with Crippen molar-refractivity contribution >= 4 is 5.97 Å². The van der Waals surface area contributed by atoms with Crippen LogP contribution >= 0.6 is 0 Å². The second-order valence-corrected chi connectivity index (χ2v) is 2.20. The third kappa shape index (κ3) is 7.39. The van der Waals surface area contributed by atoms with Gasteiger partial charge in [0.1, 0.15) is 0 Å². The maximum absolute atomic E-state index is 9.94. The Morgan fingerprint density at radius 1 is 1.70 bits per heavy atom. The highest BCUT2D eigenvalue weighted by Crippen LogP contribution is 1.77. The molecular formula is C6H13NO3. The maximum atomic E-state index is 9.94. The van der Waals surface area contributed by atoms with Gasteiger partial charge in [0.2, 0.25) is 0 Å². The van der Waals surface area contributed by atoms with Crippen molar-refractivity contribution in [1.82, 2.24) is 5.32 Å². The second-order valence-electron chi connectivity index (χ2n) is 2.20. The summed E-state index contributed by atoms with van der Waals surface area (Å²) in [5, 5.41) is 19.7. The number of hydrogen-bond acceptors (Lipinski definition) is 3. The van der Waals surface area contributed by atoms with Gasteiger partial charge in [0.05, 0.1) is 12.5 Å². The first-order chi connectivity index (χ1) is 4.63. The molecule has 0 aliphatic carbocycles. The molecule has 0 aliphatic heterocycles. The Bertz CT molecular complexity index is 103. The van der Waals surface area contributed by atoms with E-state index >= 15 is 0 Å². The van der Waals surface area contributed by atoms with Gasteiger partial charge in [0.25, 0.3) is 0 Å². The number of aliphatic hydroxyl groups excluding tert-OH is 1. The van der Waals surface area contributed by atoms with E-state index in [2.05, 4.69) is 5.32 Å². The lowest BCUT2D eigenvalue weighted by Crippen LogP contribution is -2.26. The summed E-state index contributed by atoms with van der Waals surface area (Å²) < 4.78 is 0. The van der Waals surface area contributed by atoms with Crippen LogP contribution in [0.1, 0.15) is 13.3 Å². The standard InChI is InChI=1S/C6H13NO3/c1-5(8)4-7-3-2-6(9)10/h5,7-8H,2-4H2,1H3,(H,9,10). The van der Waals surface area contributed by atoms with Gasteiger partial charge in [-0.15, -0.1) is 0 Å². The van der Waals surface area contributed by atoms with Crippen molar-refractivity contribution in [3.05, 3.63) is 0 Å². The average molecular weight is 147 g/mol. The van der Waals surface area contributed by atoms with Crippen LogP contribution in [-0.4, -0.2) is 35.4 Å². The van der Waals surface area contributed by atoms with E-state index in [1.54, 1.807) is 6.92 Å². The molecule has 3 N–H and O–H groups in total. The zero-order chi connectivity index (χ0) is 7.98. The Kier molecular flexibility index (Phi) is 4.88. The fourth-order valence-electron chi connectivity index (χ4n) is 0.506. The fourth-order valence-corrected chi connectivity index (χ4v) is 0.506. The molecule has 0 amide bonds. The van der Waals surface area contributed by atoms with Crippen LogP contribution in [0.4, 0.5) is 0 Å². The highest BCUT2D eigenvalue weighted by Gasteiger charge is 1.96. The monoisotopic (exact) mass is 147 g/mol. The second kappa shape index (κ2) is 5.20. The van der Waals surface area contributed by atoms with E-state index in [0.29, 0.717) is 13.1 Å². The molecule has 0 heterocycles. The van der Waals surface area contributed by atoms with Crippen molar-refractivity contribution in [2.24, 2.45) is 0 Å². The molecule has 0 aromatic carbocycles. The zero-order valence-electron chi connectivity index (χ0n) is 6.00. The number of carboxylic acids is 1. The van der Waals surface area contributed by atoms with Crippen molar-refractivity contribution in [2.75, 3.05) is 13.1 Å². The summed E-state index contributed by atoms with van der Waals surface area (Å²) in [5.41, 5.74) is 0. The number of aliphatic hydroxyl groups is 1. The lowest BCUT2D eigenvalue weighted by molar-refractivity contribution is -0.136. The lowest BCUT2D eigenvalue weighted by atomic mass is 10.4. The predicted molar refractivity (Wildman–Crippen MR) is 36.8 cm³/mol. The molecule has 0 saturated heterocycles. The van der Waals surface area contributed by atoms with Gasteiger partial charge in [0, 0.05) is 13.1 Å². The Morgan fingerprint density at radius 3 is 2.70 bits per heavy atom. The Labute approximate surface area is 59.9 Å². The van der Waals surface area contributed by atoms with E-state index < -0.39 is 12.1 Å². The topological polar surface area (TPSA) is 69.6 Å². The van der Waals surface area contributed by atoms with Gasteiger partial charge in [-0.3, -0.25) is 4.79 Å². The number of hydrogen-bond donors (Lipinski definition) is 3. The summed E-state index contributed by atoms with van der Waals surface area (Å²) >= 11 is 0. The number of carboxylic acid groups (broad SMARTS) is 1. The molecule has 0 spiro atoms. The first kappa shape index (κ1) is 9.39. The van der Waals surface area contributed by atoms with Crippen LogP contribution in [0, 0.1) is 0 Å². The van der Waals surface area contributed by atoms with E-state index in [-0.39, 0.29) is 6.42 Å². The molecule has 10 heavy (non-hydrogen) atoms. The number of rotatable bonds is 5. The molecule has 1 unspecified atom stereocenters. The highest BCUT2D eigenvalue weighted by atomic mass is 16.4. The molecule has 0 bridgehead atoms. The van der Waals surface area contributed by atoms with Crippen molar-refractivity contribution in [2.45, 2.75) is 19.4 Å². The predicted octanol–water partition coefficient (Wildman–Crippen LogP) is -0.569. The zero-order valence-corrected chi connectivity index (χ0v) is 6.00. The Morgan fingerprint density at radius 2 is 2.30 bits per heavy atom. The minimum atomic E-state index is -0.821. The van der Waals surface area contributed by atoms with Crippen LogP contribution in [0.25, 0.3) is 0 Å². The first-order valence-corrected chi connectivity index (χ1v) is 3.23. The minimum absolute atomic E-state index is 0.104. The molecule has 0 saturated carbocycles. The number of aliphatic carboxylic acids is 1. The van der Waals surface area contributed by atoms with Crippen LogP contribution < -0.4 is 5.32 Å². The quantitative estimate of drug-likeness (QED) is 0.455. The van der Waals surface area contributed by atoms with E-state index in [4.69, 9.17) is 10.2 Å². The summed E-state index contributed by atoms with van der Waals surface area (Å²) in [4.78, 5) is 9.94. The van der Waals surface area contributed by atoms with Gasteiger partial charge in [-0.25, -0.2) is 0 Å². The van der Waals surface area contributed by atoms with Gasteiger partial charge < -0.3 is 15.5 Å². The van der Waals surface area contributed by atoms with Crippen molar-refractivity contribution in [3.8, 4) is 0 Å². The van der Waals surface area contributed by atoms with Gasteiger partial charge in [0.15, 0.2) is 0 Å². The third-order valence-corrected chi connectivity index (χ3v) is 0.955. The van der Waals surface area contributed by atoms with Gasteiger partial charge in [-0.2, -0.15) is 0 Å². The molecule has 0 aliphatic rings. The van der Waals surface area contributed by atoms with Crippen molar-refractivity contribution in [1.29, 1.82) is 0 Å². The summed E-state index contributed by atoms with van der Waals surface area (Å²) in [7, 11) is 0. The molecule has 0 aromatic heterocycles. The molecule has 4 heteroatoms. The number of carbonyl (C=O) groups is 1. The highest BCUT2D eigenvalue weighted by molar-refractivity contribution is 5.66. The smallest absolute Gasteiger partial charge is 0.304 e. The molecule has 4 nitrogen and oxygen atoms in total. The molecule has 60 valence electrons. The van der Waals surface area contributed by atoms with Gasteiger partial charge >= 0.3 is 5.97 Å². The average Bonchev–Trinajstić information content (AvgIpc) is 1.79. The maximum Gasteiger partial charge on any atom is 0.304 e. The van der Waals surface area contributed by atoms with Crippen LogP contribution in [0.3, 0.4) is 0 Å². The van der Waals surface area contributed by atoms with Crippen molar-refractivity contribution < 1.29 is 15.0 Å². The summed E-state index contributed by atoms with van der Waals surface area (Å²) in [5.74, 6) is -0.821. The molecule has 0 fully saturated rings. The van der Waals surface area contributed by atoms with Crippen LogP contribution in [0.5, 0.6) is 0 Å². The van der Waals surface area contributed by atoms with Gasteiger partial charge in [-0.05, 0) is 6.92 Å². The normalized spacial score (nSPS) is 13.0. The van der Waals surface area contributed by atoms with Crippen LogP contribution in [0.15, 0.2) is 0 Å². The van der Waals surface area contributed by atoms with E-state index in [9.17, 15) is 4.79 Å². The number of nitrogens with one attached hydrogen (secondary N) is 1. The van der Waals surface area contributed by atoms with E-state index in [0.717, 1.165) is 0 Å². The first-order valence-electron chi connectivity index (χ1n) is 3.23. The third-order valence-electron chi connectivity index (χ3n) is 0.955. The van der Waals surface area contributed by atoms with E-state index in [1.165, 1.54) is 0 Å². The van der Waals surface area contributed by atoms with Crippen molar-refractivity contribution in [3.63, 3.8) is 0 Å². The summed E-state index contributed by atoms with van der Waals surface area (Å²) in [6.45, 7) is 2.52. The Balaban J connectivity index is 2.98. The lowest BCUT2D eigenvalue weighted by Gasteiger charge is -2.03. The fraction of sp³-hybridized carbons (Fsp3) is 0.833. The van der Waals surface area contributed by atoms with Crippen LogP contribution in [0.2, 0.25) is 0 Å². The van der Waals surface area contributed by atoms with Gasteiger partial charge in [-0.1, -0.05) is 0 Å². The molecule has 0 radical (unpaired) electrons. The largest absolute Gasteiger partial charge is 0.481 e. The van der Waals surface area contributed by atoms with E-state index in [1.807, 2.05) is 0 Å². The van der Waals surface area contributed by atoms with Crippen LogP contribution in [-0.2, 0) is 4.79 Å². The molecule has 1 atom stereocenters. The molecule has 0 rings (SSSR count). The summed E-state index contributed by atoms with van der Waals surface area (Å²) in [6, 6.07) is 0. The Hall–Kier alpha value is -0.610. The summed E-state index contributed by atoms with van der Waals surface area (Å²) in [6.07, 6.45) is -0.305. The molecular weight excluding hydrogens is 134 g/mol. The minimum Gasteiger partial charge on any atom is -0.481 e. The molecule has 0 aromatic rings. The SMILES string of the molecule is CC(O)CNCCC(=O)O.